The zero-order valence-electron chi connectivity index (χ0n) is 37.0. The Balaban J connectivity index is 1.55. The van der Waals surface area contributed by atoms with E-state index in [0.717, 1.165) is 44.9 Å². The van der Waals surface area contributed by atoms with E-state index >= 15 is 26.3 Å². The molecular formula is C53H54F6S2. The third-order valence-corrected chi connectivity index (χ3v) is 14.2. The van der Waals surface area contributed by atoms with Gasteiger partial charge in [0.2, 0.25) is 0 Å². The van der Waals surface area contributed by atoms with Crippen LogP contribution >= 0.6 is 22.7 Å². The fourth-order valence-electron chi connectivity index (χ4n) is 7.81. The first-order valence-corrected chi connectivity index (χ1v) is 22.3. The summed E-state index contributed by atoms with van der Waals surface area (Å²) in [4.78, 5) is 1.41. The third-order valence-electron chi connectivity index (χ3n) is 11.8. The predicted molar refractivity (Wildman–Crippen MR) is 247 cm³/mol. The Morgan fingerprint density at radius 1 is 0.344 bits per heavy atom. The molecule has 0 spiro atoms. The number of benzene rings is 4. The molecule has 0 radical (unpaired) electrons. The van der Waals surface area contributed by atoms with E-state index in [4.69, 9.17) is 0 Å². The number of rotatable bonds is 6. The second-order valence-electron chi connectivity index (χ2n) is 20.5. The number of alkyl halides is 6. The molecule has 2 aromatic heterocycles. The molecule has 1 aliphatic carbocycles. The summed E-state index contributed by atoms with van der Waals surface area (Å²) < 4.78 is 100. The number of hydrogen-bond donors (Lipinski definition) is 0. The predicted octanol–water partition coefficient (Wildman–Crippen LogP) is 17.5. The molecule has 0 nitrogen and oxygen atoms in total. The van der Waals surface area contributed by atoms with Gasteiger partial charge in [-0.25, -0.2) is 0 Å². The van der Waals surface area contributed by atoms with Crippen LogP contribution in [0.5, 0.6) is 0 Å². The van der Waals surface area contributed by atoms with Crippen LogP contribution in [0.15, 0.2) is 109 Å². The van der Waals surface area contributed by atoms with Crippen molar-refractivity contribution in [2.75, 3.05) is 0 Å². The molecule has 6 aromatic rings. The molecule has 0 bridgehead atoms. The van der Waals surface area contributed by atoms with Crippen molar-refractivity contribution in [3.8, 4) is 41.8 Å². The molecule has 4 aromatic carbocycles. The van der Waals surface area contributed by atoms with Crippen LogP contribution in [-0.2, 0) is 21.7 Å². The quantitative estimate of drug-likeness (QED) is 0.146. The first-order chi connectivity index (χ1) is 28.0. The van der Waals surface area contributed by atoms with E-state index in [9.17, 15) is 0 Å². The number of allylic oxidation sites excluding steroid dienone is 2. The van der Waals surface area contributed by atoms with Crippen LogP contribution in [0.4, 0.5) is 26.3 Å². The fraction of sp³-hybridized carbons (Fsp3) is 0.358. The smallest absolute Gasteiger partial charge is 0.194 e. The van der Waals surface area contributed by atoms with Crippen LogP contribution in [0.3, 0.4) is 0 Å². The van der Waals surface area contributed by atoms with Crippen molar-refractivity contribution in [2.24, 2.45) is 0 Å². The Labute approximate surface area is 365 Å². The third kappa shape index (κ3) is 7.97. The molecule has 0 fully saturated rings. The van der Waals surface area contributed by atoms with E-state index in [-0.39, 0.29) is 42.5 Å². The molecule has 0 atom stereocenters. The summed E-state index contributed by atoms with van der Waals surface area (Å²) >= 11 is 2.27. The average molecular weight is 869 g/mol. The van der Waals surface area contributed by atoms with E-state index in [2.05, 4.69) is 41.5 Å². The van der Waals surface area contributed by atoms with Crippen LogP contribution < -0.4 is 0 Å². The summed E-state index contributed by atoms with van der Waals surface area (Å²) in [5.41, 5.74) is 2.10. The molecular weight excluding hydrogens is 815 g/mol. The minimum absolute atomic E-state index is 0.166. The van der Waals surface area contributed by atoms with Crippen LogP contribution in [0.2, 0.25) is 0 Å². The van der Waals surface area contributed by atoms with Crippen molar-refractivity contribution in [3.63, 3.8) is 0 Å². The maximum atomic E-state index is 16.9. The van der Waals surface area contributed by atoms with Gasteiger partial charge in [-0.3, -0.25) is 0 Å². The van der Waals surface area contributed by atoms with Crippen molar-refractivity contribution in [3.05, 3.63) is 143 Å². The Morgan fingerprint density at radius 2 is 0.574 bits per heavy atom. The van der Waals surface area contributed by atoms with Crippen molar-refractivity contribution >= 4 is 33.8 Å². The highest BCUT2D eigenvalue weighted by Crippen LogP contribution is 2.67. The molecule has 0 saturated carbocycles. The van der Waals surface area contributed by atoms with Gasteiger partial charge in [0, 0.05) is 41.8 Å². The molecule has 8 heteroatoms. The monoisotopic (exact) mass is 868 g/mol. The Bertz CT molecular complexity index is 2410. The highest BCUT2D eigenvalue weighted by atomic mass is 32.1. The molecule has 0 aliphatic heterocycles. The van der Waals surface area contributed by atoms with Crippen molar-refractivity contribution in [1.82, 2.24) is 0 Å². The maximum Gasteiger partial charge on any atom is 0.380 e. The van der Waals surface area contributed by atoms with Gasteiger partial charge in [0.15, 0.2) is 0 Å². The number of thiophene rings is 2. The van der Waals surface area contributed by atoms with Crippen LogP contribution in [0.1, 0.15) is 116 Å². The molecule has 7 rings (SSSR count). The SMILES string of the molecule is CC(C)(C)c1ccc(-c2cc(C3=C(c4cc(-c5ccc(C(C)(C)C)cc5)sc4-c4ccc(C(C)(C)C)cc4)C(F)(F)C(F)(F)C3(F)F)c(-c3ccc(C(C)(C)C)cc3)s2)cc1. The molecule has 61 heavy (non-hydrogen) atoms. The van der Waals surface area contributed by atoms with E-state index in [0.29, 0.717) is 32.0 Å². The standard InChI is InChI=1S/C53H54F6S2/c1-47(2,3)35-21-13-31(14-22-35)41-29-39(45(60-41)33-17-25-37(26-18-33)49(7,8)9)43-44(52(56,57)53(58,59)51(43,54)55)40-30-42(32-15-23-36(24-16-32)48(4,5)6)61-46(40)34-19-27-38(28-20-34)50(10,11)12/h13-30H,1-12H3. The molecule has 0 unspecified atom stereocenters. The zero-order chi connectivity index (χ0) is 44.9. The average Bonchev–Trinajstić information content (AvgIpc) is 3.83. The minimum atomic E-state index is -5.74. The highest BCUT2D eigenvalue weighted by molar-refractivity contribution is 7.19. The van der Waals surface area contributed by atoms with E-state index in [1.54, 1.807) is 24.3 Å². The number of hydrogen-bond acceptors (Lipinski definition) is 2. The largest absolute Gasteiger partial charge is 0.380 e. The summed E-state index contributed by atoms with van der Waals surface area (Å²) in [6, 6.07) is 32.6. The van der Waals surface area contributed by atoms with Crippen LogP contribution in [0, 0.1) is 0 Å². The van der Waals surface area contributed by atoms with Gasteiger partial charge in [0.05, 0.1) is 0 Å². The normalized spacial score (nSPS) is 16.7. The highest BCUT2D eigenvalue weighted by Gasteiger charge is 2.80. The molecule has 320 valence electrons. The molecule has 0 N–H and O–H groups in total. The Morgan fingerprint density at radius 3 is 0.803 bits per heavy atom. The van der Waals surface area contributed by atoms with Crippen molar-refractivity contribution in [1.29, 1.82) is 0 Å². The van der Waals surface area contributed by atoms with Gasteiger partial charge in [-0.15, -0.1) is 22.7 Å². The zero-order valence-corrected chi connectivity index (χ0v) is 38.6. The summed E-state index contributed by atoms with van der Waals surface area (Å²) in [5, 5.41) is 0. The van der Waals surface area contributed by atoms with E-state index in [1.165, 1.54) is 12.1 Å². The van der Waals surface area contributed by atoms with Crippen molar-refractivity contribution in [2.45, 2.75) is 123 Å². The van der Waals surface area contributed by atoms with Gasteiger partial charge in [-0.1, -0.05) is 180 Å². The Hall–Kier alpha value is -4.40. The van der Waals surface area contributed by atoms with Gasteiger partial charge in [-0.2, -0.15) is 26.3 Å². The molecule has 1 aliphatic rings. The maximum absolute atomic E-state index is 16.9. The lowest BCUT2D eigenvalue weighted by molar-refractivity contribution is -0.254. The molecule has 2 heterocycles. The van der Waals surface area contributed by atoms with Gasteiger partial charge in [-0.05, 0) is 78.3 Å². The lowest BCUT2D eigenvalue weighted by Crippen LogP contribution is -2.48. The van der Waals surface area contributed by atoms with Gasteiger partial charge < -0.3 is 0 Å². The fourth-order valence-corrected chi connectivity index (χ4v) is 10.2. The number of halogens is 6. The van der Waals surface area contributed by atoms with Crippen LogP contribution in [0.25, 0.3) is 52.9 Å². The van der Waals surface area contributed by atoms with Crippen LogP contribution in [-0.4, -0.2) is 17.8 Å². The molecule has 0 saturated heterocycles. The first kappa shape index (κ1) is 44.6. The second kappa shape index (κ2) is 14.9. The van der Waals surface area contributed by atoms with E-state index in [1.807, 2.05) is 114 Å². The minimum Gasteiger partial charge on any atom is -0.194 e. The summed E-state index contributed by atoms with van der Waals surface area (Å²) in [6.07, 6.45) is 0. The lowest BCUT2D eigenvalue weighted by Gasteiger charge is -2.26. The lowest BCUT2D eigenvalue weighted by atomic mass is 9.85. The van der Waals surface area contributed by atoms with Crippen molar-refractivity contribution < 1.29 is 26.3 Å². The van der Waals surface area contributed by atoms with Gasteiger partial charge in [0.1, 0.15) is 0 Å². The summed E-state index contributed by atoms with van der Waals surface area (Å²) in [6.45, 7) is 24.7. The Kier molecular flexibility index (Phi) is 10.9. The van der Waals surface area contributed by atoms with E-state index < -0.39 is 28.9 Å². The van der Waals surface area contributed by atoms with Gasteiger partial charge >= 0.3 is 17.8 Å². The summed E-state index contributed by atoms with van der Waals surface area (Å²) in [5.74, 6) is -16.2. The first-order valence-electron chi connectivity index (χ1n) is 20.6. The topological polar surface area (TPSA) is 0 Å². The second-order valence-corrected chi connectivity index (χ2v) is 22.6. The summed E-state index contributed by atoms with van der Waals surface area (Å²) in [7, 11) is 0. The molecule has 0 amide bonds. The van der Waals surface area contributed by atoms with Gasteiger partial charge in [0.25, 0.3) is 0 Å².